The number of carbonyl (C=O) groups excluding carboxylic acids is 1. The lowest BCUT2D eigenvalue weighted by Crippen LogP contribution is -2.57. The molecule has 0 atom stereocenters. The third-order valence-corrected chi connectivity index (χ3v) is 2.97. The quantitative estimate of drug-likeness (QED) is 0.773. The number of nitrogens with one attached hydrogen (secondary N) is 1. The molecule has 1 amide bonds. The van der Waals surface area contributed by atoms with E-state index in [1.807, 2.05) is 13.1 Å². The Morgan fingerprint density at radius 1 is 1.56 bits per heavy atom. The van der Waals surface area contributed by atoms with Crippen molar-refractivity contribution in [2.24, 2.45) is 0 Å². The van der Waals surface area contributed by atoms with Gasteiger partial charge < -0.3 is 15.3 Å². The van der Waals surface area contributed by atoms with Gasteiger partial charge in [0, 0.05) is 20.1 Å². The number of hydrogen-bond donors (Lipinski definition) is 2. The number of phenolic OH excluding ortho intramolecular Hbond substituents is 1. The number of hydrogen-bond acceptors (Lipinski definition) is 3. The highest BCUT2D eigenvalue weighted by Crippen LogP contribution is 2.13. The molecule has 1 aromatic rings. The van der Waals surface area contributed by atoms with Crippen LogP contribution < -0.4 is 5.32 Å². The molecule has 1 aliphatic heterocycles. The maximum Gasteiger partial charge on any atom is 0.227 e. The molecule has 0 aromatic heterocycles. The second-order valence-electron chi connectivity index (χ2n) is 4.16. The number of rotatable bonds is 3. The average molecular weight is 220 g/mol. The van der Waals surface area contributed by atoms with Gasteiger partial charge in [0.25, 0.3) is 0 Å². The summed E-state index contributed by atoms with van der Waals surface area (Å²) in [6.07, 6.45) is 0.349. The molecule has 86 valence electrons. The lowest BCUT2D eigenvalue weighted by molar-refractivity contribution is -0.132. The summed E-state index contributed by atoms with van der Waals surface area (Å²) in [5, 5.41) is 12.4. The zero-order valence-corrected chi connectivity index (χ0v) is 9.31. The Balaban J connectivity index is 1.96. The predicted octanol–water partition coefficient (Wildman–Crippen LogP) is 0.365. The van der Waals surface area contributed by atoms with E-state index in [-0.39, 0.29) is 11.7 Å². The van der Waals surface area contributed by atoms with Crippen molar-refractivity contribution in [3.63, 3.8) is 0 Å². The van der Waals surface area contributed by atoms with E-state index in [0.29, 0.717) is 12.5 Å². The van der Waals surface area contributed by atoms with Crippen LogP contribution in [0, 0.1) is 0 Å². The largest absolute Gasteiger partial charge is 0.508 e. The molecule has 4 heteroatoms. The van der Waals surface area contributed by atoms with Crippen LogP contribution in [0.15, 0.2) is 24.3 Å². The second-order valence-corrected chi connectivity index (χ2v) is 4.16. The van der Waals surface area contributed by atoms with Crippen molar-refractivity contribution in [2.75, 3.05) is 20.1 Å². The van der Waals surface area contributed by atoms with Crippen molar-refractivity contribution in [3.05, 3.63) is 29.8 Å². The smallest absolute Gasteiger partial charge is 0.227 e. The highest BCUT2D eigenvalue weighted by Gasteiger charge is 2.24. The van der Waals surface area contributed by atoms with Crippen molar-refractivity contribution in [3.8, 4) is 5.75 Å². The van der Waals surface area contributed by atoms with Crippen LogP contribution in [-0.4, -0.2) is 42.1 Å². The van der Waals surface area contributed by atoms with E-state index in [2.05, 4.69) is 5.32 Å². The van der Waals surface area contributed by atoms with Crippen molar-refractivity contribution >= 4 is 5.91 Å². The van der Waals surface area contributed by atoms with Crippen LogP contribution in [-0.2, 0) is 11.2 Å². The molecule has 2 rings (SSSR count). The van der Waals surface area contributed by atoms with Crippen LogP contribution in [0.25, 0.3) is 0 Å². The summed E-state index contributed by atoms with van der Waals surface area (Å²) in [7, 11) is 1.83. The minimum Gasteiger partial charge on any atom is -0.508 e. The van der Waals surface area contributed by atoms with Gasteiger partial charge in [-0.3, -0.25) is 4.79 Å². The van der Waals surface area contributed by atoms with Gasteiger partial charge in [-0.25, -0.2) is 0 Å². The van der Waals surface area contributed by atoms with E-state index < -0.39 is 0 Å². The molecule has 0 unspecified atom stereocenters. The molecular weight excluding hydrogens is 204 g/mol. The Hall–Kier alpha value is -1.55. The van der Waals surface area contributed by atoms with E-state index in [9.17, 15) is 9.90 Å². The molecule has 0 saturated carbocycles. The maximum atomic E-state index is 11.9. The maximum absolute atomic E-state index is 11.9. The fourth-order valence-corrected chi connectivity index (χ4v) is 1.72. The van der Waals surface area contributed by atoms with Crippen LogP contribution in [0.1, 0.15) is 5.56 Å². The first-order valence-electron chi connectivity index (χ1n) is 5.41. The average Bonchev–Trinajstić information content (AvgIpc) is 2.14. The molecule has 1 heterocycles. The predicted molar refractivity (Wildman–Crippen MR) is 61.2 cm³/mol. The summed E-state index contributed by atoms with van der Waals surface area (Å²) in [5.74, 6) is 0.301. The lowest BCUT2D eigenvalue weighted by Gasteiger charge is -2.35. The van der Waals surface area contributed by atoms with Gasteiger partial charge in [0.1, 0.15) is 5.75 Å². The zero-order chi connectivity index (χ0) is 11.5. The third kappa shape index (κ3) is 2.33. The number of benzene rings is 1. The van der Waals surface area contributed by atoms with Crippen LogP contribution in [0.3, 0.4) is 0 Å². The molecule has 1 aromatic carbocycles. The van der Waals surface area contributed by atoms with Crippen LogP contribution in [0.4, 0.5) is 0 Å². The van der Waals surface area contributed by atoms with E-state index in [1.165, 1.54) is 0 Å². The van der Waals surface area contributed by atoms with Crippen LogP contribution in [0.5, 0.6) is 5.75 Å². The van der Waals surface area contributed by atoms with Crippen molar-refractivity contribution < 1.29 is 9.90 Å². The summed E-state index contributed by atoms with van der Waals surface area (Å²) in [5.41, 5.74) is 0.851. The molecule has 0 spiro atoms. The third-order valence-electron chi connectivity index (χ3n) is 2.97. The molecule has 1 fully saturated rings. The Morgan fingerprint density at radius 2 is 2.31 bits per heavy atom. The monoisotopic (exact) mass is 220 g/mol. The zero-order valence-electron chi connectivity index (χ0n) is 9.31. The Bertz CT molecular complexity index is 388. The fourth-order valence-electron chi connectivity index (χ4n) is 1.72. The van der Waals surface area contributed by atoms with E-state index in [1.54, 1.807) is 23.1 Å². The van der Waals surface area contributed by atoms with Gasteiger partial charge in [-0.1, -0.05) is 12.1 Å². The highest BCUT2D eigenvalue weighted by molar-refractivity contribution is 5.79. The fraction of sp³-hybridized carbons (Fsp3) is 0.417. The van der Waals surface area contributed by atoms with Gasteiger partial charge in [-0.05, 0) is 17.7 Å². The molecular formula is C12H16N2O2. The van der Waals surface area contributed by atoms with Crippen molar-refractivity contribution in [1.82, 2.24) is 10.2 Å². The van der Waals surface area contributed by atoms with E-state index >= 15 is 0 Å². The second kappa shape index (κ2) is 4.53. The first kappa shape index (κ1) is 11.0. The summed E-state index contributed by atoms with van der Waals surface area (Å²) in [6.45, 7) is 1.75. The lowest BCUT2D eigenvalue weighted by atomic mass is 10.1. The van der Waals surface area contributed by atoms with E-state index in [4.69, 9.17) is 0 Å². The Morgan fingerprint density at radius 3 is 2.88 bits per heavy atom. The minimum absolute atomic E-state index is 0.0945. The SMILES string of the molecule is CN(C(=O)Cc1cccc(O)c1)C1CNC1. The molecule has 1 saturated heterocycles. The summed E-state index contributed by atoms with van der Waals surface area (Å²) < 4.78 is 0. The van der Waals surface area contributed by atoms with Gasteiger partial charge in [-0.15, -0.1) is 0 Å². The number of aromatic hydroxyl groups is 1. The van der Waals surface area contributed by atoms with Gasteiger partial charge >= 0.3 is 0 Å². The number of phenols is 1. The number of amides is 1. The molecule has 4 nitrogen and oxygen atoms in total. The van der Waals surface area contributed by atoms with E-state index in [0.717, 1.165) is 18.7 Å². The van der Waals surface area contributed by atoms with Gasteiger partial charge in [0.2, 0.25) is 5.91 Å². The molecule has 0 bridgehead atoms. The first-order chi connectivity index (χ1) is 7.66. The summed E-state index contributed by atoms with van der Waals surface area (Å²) in [6, 6.07) is 7.16. The standard InChI is InChI=1S/C12H16N2O2/c1-14(10-7-13-8-10)12(16)6-9-3-2-4-11(15)5-9/h2-5,10,13,15H,6-8H2,1H3. The summed E-state index contributed by atoms with van der Waals surface area (Å²) >= 11 is 0. The number of nitrogens with zero attached hydrogens (tertiary/aromatic N) is 1. The van der Waals surface area contributed by atoms with Gasteiger partial charge in [0.05, 0.1) is 12.5 Å². The Labute approximate surface area is 94.9 Å². The molecule has 2 N–H and O–H groups in total. The normalized spacial score (nSPS) is 15.6. The highest BCUT2D eigenvalue weighted by atomic mass is 16.3. The summed E-state index contributed by atoms with van der Waals surface area (Å²) in [4.78, 5) is 13.7. The Kier molecular flexibility index (Phi) is 3.10. The number of carbonyl (C=O) groups is 1. The van der Waals surface area contributed by atoms with Crippen molar-refractivity contribution in [1.29, 1.82) is 0 Å². The molecule has 1 aliphatic rings. The van der Waals surface area contributed by atoms with Crippen LogP contribution in [0.2, 0.25) is 0 Å². The van der Waals surface area contributed by atoms with Crippen LogP contribution >= 0.6 is 0 Å². The molecule has 0 aliphatic carbocycles. The minimum atomic E-state index is 0.0945. The first-order valence-corrected chi connectivity index (χ1v) is 5.41. The molecule has 0 radical (unpaired) electrons. The van der Waals surface area contributed by atoms with Gasteiger partial charge in [0.15, 0.2) is 0 Å². The topological polar surface area (TPSA) is 52.6 Å². The molecule has 16 heavy (non-hydrogen) atoms. The number of likely N-dealkylation sites (N-methyl/N-ethyl adjacent to an activating group) is 1. The van der Waals surface area contributed by atoms with Crippen molar-refractivity contribution in [2.45, 2.75) is 12.5 Å². The van der Waals surface area contributed by atoms with Gasteiger partial charge in [-0.2, -0.15) is 0 Å².